The Morgan fingerprint density at radius 2 is 1.89 bits per heavy atom. The highest BCUT2D eigenvalue weighted by molar-refractivity contribution is 5.56. The second-order valence-corrected chi connectivity index (χ2v) is 3.97. The molecule has 1 aromatic carbocycles. The van der Waals surface area contributed by atoms with Gasteiger partial charge in [0.2, 0.25) is 0 Å². The van der Waals surface area contributed by atoms with Crippen molar-refractivity contribution in [1.82, 2.24) is 0 Å². The first kappa shape index (κ1) is 15.4. The van der Waals surface area contributed by atoms with E-state index in [4.69, 9.17) is 10.5 Å². The monoisotopic (exact) mass is 281 g/mol. The van der Waals surface area contributed by atoms with Crippen LogP contribution in [0.1, 0.15) is 20.3 Å². The lowest BCUT2D eigenvalue weighted by Gasteiger charge is -2.19. The average molecular weight is 281 g/mol. The number of nitrogen functional groups attached to an aromatic ring is 1. The standard InChI is InChI=1S/C12H15F4NO2/c1-3-4-18-10-6-11(9(17)5-8(10)13)19-7(2)12(14,15)16/h5-7H,3-4,17H2,1-2H3. The van der Waals surface area contributed by atoms with E-state index in [0.29, 0.717) is 6.42 Å². The third kappa shape index (κ3) is 4.18. The zero-order valence-corrected chi connectivity index (χ0v) is 10.6. The van der Waals surface area contributed by atoms with Crippen molar-refractivity contribution in [2.45, 2.75) is 32.5 Å². The van der Waals surface area contributed by atoms with E-state index in [1.165, 1.54) is 0 Å². The quantitative estimate of drug-likeness (QED) is 0.663. The second-order valence-electron chi connectivity index (χ2n) is 3.97. The van der Waals surface area contributed by atoms with Gasteiger partial charge in [-0.05, 0) is 13.3 Å². The van der Waals surface area contributed by atoms with E-state index >= 15 is 0 Å². The van der Waals surface area contributed by atoms with Crippen LogP contribution in [0.3, 0.4) is 0 Å². The molecule has 3 nitrogen and oxygen atoms in total. The van der Waals surface area contributed by atoms with Gasteiger partial charge in [0.25, 0.3) is 0 Å². The minimum absolute atomic E-state index is 0.180. The van der Waals surface area contributed by atoms with Gasteiger partial charge in [-0.25, -0.2) is 4.39 Å². The maximum absolute atomic E-state index is 13.4. The zero-order valence-electron chi connectivity index (χ0n) is 10.6. The lowest BCUT2D eigenvalue weighted by Crippen LogP contribution is -2.31. The summed E-state index contributed by atoms with van der Waals surface area (Å²) in [5.74, 6) is -1.17. The van der Waals surface area contributed by atoms with E-state index in [-0.39, 0.29) is 23.8 Å². The summed E-state index contributed by atoms with van der Waals surface area (Å²) in [6, 6.07) is 1.91. The molecule has 0 bridgehead atoms. The fourth-order valence-corrected chi connectivity index (χ4v) is 1.23. The number of ether oxygens (including phenoxy) is 2. The minimum atomic E-state index is -4.52. The molecule has 0 heterocycles. The van der Waals surface area contributed by atoms with Crippen LogP contribution < -0.4 is 15.2 Å². The highest BCUT2D eigenvalue weighted by atomic mass is 19.4. The first-order valence-electron chi connectivity index (χ1n) is 5.71. The summed E-state index contributed by atoms with van der Waals surface area (Å²) < 4.78 is 60.3. The normalized spacial score (nSPS) is 13.2. The molecule has 1 aromatic rings. The first-order chi connectivity index (χ1) is 8.75. The Kier molecular flexibility index (Phi) is 4.85. The third-order valence-electron chi connectivity index (χ3n) is 2.29. The molecule has 7 heteroatoms. The molecule has 0 fully saturated rings. The van der Waals surface area contributed by atoms with Gasteiger partial charge in [0.1, 0.15) is 5.75 Å². The Balaban J connectivity index is 2.94. The van der Waals surface area contributed by atoms with Gasteiger partial charge >= 0.3 is 6.18 Å². The average Bonchev–Trinajstić information content (AvgIpc) is 2.29. The van der Waals surface area contributed by atoms with E-state index in [2.05, 4.69) is 4.74 Å². The van der Waals surface area contributed by atoms with Crippen LogP contribution in [0.5, 0.6) is 11.5 Å². The first-order valence-corrected chi connectivity index (χ1v) is 5.71. The maximum atomic E-state index is 13.4. The number of benzene rings is 1. The van der Waals surface area contributed by atoms with Crippen molar-refractivity contribution in [3.63, 3.8) is 0 Å². The van der Waals surface area contributed by atoms with Gasteiger partial charge in [-0.15, -0.1) is 0 Å². The van der Waals surface area contributed by atoms with Crippen molar-refractivity contribution in [3.8, 4) is 11.5 Å². The predicted octanol–water partition coefficient (Wildman–Crippen LogP) is 3.53. The lowest BCUT2D eigenvalue weighted by molar-refractivity contribution is -0.189. The van der Waals surface area contributed by atoms with Crippen molar-refractivity contribution in [1.29, 1.82) is 0 Å². The SMILES string of the molecule is CCCOc1cc(OC(C)C(F)(F)F)c(N)cc1F. The Hall–Kier alpha value is -1.66. The minimum Gasteiger partial charge on any atom is -0.490 e. The molecular formula is C12H15F4NO2. The smallest absolute Gasteiger partial charge is 0.425 e. The van der Waals surface area contributed by atoms with Gasteiger partial charge < -0.3 is 15.2 Å². The number of hydrogen-bond donors (Lipinski definition) is 1. The van der Waals surface area contributed by atoms with Crippen molar-refractivity contribution in [2.24, 2.45) is 0 Å². The molecule has 1 unspecified atom stereocenters. The van der Waals surface area contributed by atoms with Crippen molar-refractivity contribution < 1.29 is 27.0 Å². The number of nitrogens with two attached hydrogens (primary N) is 1. The van der Waals surface area contributed by atoms with Gasteiger partial charge in [-0.1, -0.05) is 6.92 Å². The number of alkyl halides is 3. The van der Waals surface area contributed by atoms with Gasteiger partial charge in [-0.3, -0.25) is 0 Å². The maximum Gasteiger partial charge on any atom is 0.425 e. The fourth-order valence-electron chi connectivity index (χ4n) is 1.23. The van der Waals surface area contributed by atoms with E-state index in [9.17, 15) is 17.6 Å². The Morgan fingerprint density at radius 1 is 1.26 bits per heavy atom. The molecule has 0 aliphatic heterocycles. The van der Waals surface area contributed by atoms with Crippen LogP contribution in [-0.2, 0) is 0 Å². The van der Waals surface area contributed by atoms with Crippen molar-refractivity contribution in [2.75, 3.05) is 12.3 Å². The van der Waals surface area contributed by atoms with Crippen LogP contribution in [0.15, 0.2) is 12.1 Å². The molecule has 108 valence electrons. The lowest BCUT2D eigenvalue weighted by atomic mass is 10.2. The van der Waals surface area contributed by atoms with Crippen LogP contribution in [0.2, 0.25) is 0 Å². The molecule has 1 rings (SSSR count). The molecule has 0 aliphatic carbocycles. The number of hydrogen-bond acceptors (Lipinski definition) is 3. The molecule has 0 aromatic heterocycles. The largest absolute Gasteiger partial charge is 0.490 e. The molecule has 1 atom stereocenters. The summed E-state index contributed by atoms with van der Waals surface area (Å²) in [7, 11) is 0. The number of rotatable bonds is 5. The van der Waals surface area contributed by atoms with Gasteiger partial charge in [-0.2, -0.15) is 13.2 Å². The van der Waals surface area contributed by atoms with Crippen LogP contribution in [0.25, 0.3) is 0 Å². The summed E-state index contributed by atoms with van der Waals surface area (Å²) in [4.78, 5) is 0. The summed E-state index contributed by atoms with van der Waals surface area (Å²) in [6.07, 6.45) is -5.93. The van der Waals surface area contributed by atoms with Gasteiger partial charge in [0, 0.05) is 12.1 Å². The molecule has 19 heavy (non-hydrogen) atoms. The summed E-state index contributed by atoms with van der Waals surface area (Å²) >= 11 is 0. The topological polar surface area (TPSA) is 44.5 Å². The molecule has 0 saturated carbocycles. The molecule has 0 amide bonds. The van der Waals surface area contributed by atoms with Crippen molar-refractivity contribution >= 4 is 5.69 Å². The van der Waals surface area contributed by atoms with Crippen LogP contribution in [-0.4, -0.2) is 18.9 Å². The van der Waals surface area contributed by atoms with Gasteiger partial charge in [0.05, 0.1) is 12.3 Å². The van der Waals surface area contributed by atoms with Crippen LogP contribution in [0, 0.1) is 5.82 Å². The molecule has 0 aliphatic rings. The molecule has 0 spiro atoms. The fraction of sp³-hybridized carbons (Fsp3) is 0.500. The molecule has 0 saturated heterocycles. The van der Waals surface area contributed by atoms with Crippen LogP contribution >= 0.6 is 0 Å². The zero-order chi connectivity index (χ0) is 14.6. The van der Waals surface area contributed by atoms with Crippen molar-refractivity contribution in [3.05, 3.63) is 17.9 Å². The third-order valence-corrected chi connectivity index (χ3v) is 2.29. The van der Waals surface area contributed by atoms with E-state index in [0.717, 1.165) is 19.1 Å². The highest BCUT2D eigenvalue weighted by Gasteiger charge is 2.38. The van der Waals surface area contributed by atoms with Gasteiger partial charge in [0.15, 0.2) is 17.7 Å². The van der Waals surface area contributed by atoms with E-state index < -0.39 is 18.1 Å². The second kappa shape index (κ2) is 5.99. The molecule has 2 N–H and O–H groups in total. The Bertz CT molecular complexity index is 434. The van der Waals surface area contributed by atoms with E-state index in [1.807, 2.05) is 6.92 Å². The number of halogens is 4. The predicted molar refractivity (Wildman–Crippen MR) is 62.7 cm³/mol. The van der Waals surface area contributed by atoms with Crippen LogP contribution in [0.4, 0.5) is 23.2 Å². The van der Waals surface area contributed by atoms with E-state index in [1.54, 1.807) is 0 Å². The highest BCUT2D eigenvalue weighted by Crippen LogP contribution is 2.33. The Labute approximate surface area is 108 Å². The Morgan fingerprint density at radius 3 is 2.42 bits per heavy atom. The molecule has 0 radical (unpaired) electrons. The summed E-state index contributed by atoms with van der Waals surface area (Å²) in [5, 5.41) is 0. The number of anilines is 1. The molecular weight excluding hydrogens is 266 g/mol. The summed E-state index contributed by atoms with van der Waals surface area (Å²) in [5.41, 5.74) is 5.21. The summed E-state index contributed by atoms with van der Waals surface area (Å²) in [6.45, 7) is 2.91.